The average Bonchev–Trinajstić information content (AvgIpc) is 1.87. The van der Waals surface area contributed by atoms with E-state index in [0.717, 1.165) is 19.4 Å². The first-order chi connectivity index (χ1) is 4.77. The standard InChI is InChI=1S/C6H16N2S2/c7-8-5-3-1-2-4-6(9)10/h6,8-10H,1-5,7H2. The summed E-state index contributed by atoms with van der Waals surface area (Å²) >= 11 is 8.29. The fraction of sp³-hybridized carbons (Fsp3) is 1.00. The molecule has 0 bridgehead atoms. The molecule has 0 fully saturated rings. The Balaban J connectivity index is 2.77. The Hall–Kier alpha value is 0.620. The van der Waals surface area contributed by atoms with E-state index in [-0.39, 0.29) is 4.58 Å². The van der Waals surface area contributed by atoms with E-state index in [4.69, 9.17) is 5.84 Å². The van der Waals surface area contributed by atoms with Gasteiger partial charge in [0.15, 0.2) is 0 Å². The third kappa shape index (κ3) is 8.62. The zero-order valence-electron chi connectivity index (χ0n) is 6.08. The second kappa shape index (κ2) is 7.72. The molecule has 0 spiro atoms. The first kappa shape index (κ1) is 10.6. The molecule has 2 nitrogen and oxygen atoms in total. The van der Waals surface area contributed by atoms with Gasteiger partial charge in [-0.1, -0.05) is 12.8 Å². The number of thiol groups is 2. The van der Waals surface area contributed by atoms with E-state index in [0.29, 0.717) is 0 Å². The molecule has 10 heavy (non-hydrogen) atoms. The van der Waals surface area contributed by atoms with Crippen molar-refractivity contribution >= 4 is 25.3 Å². The molecule has 0 amide bonds. The molecule has 4 heteroatoms. The molecule has 3 N–H and O–H groups in total. The Kier molecular flexibility index (Phi) is 8.20. The lowest BCUT2D eigenvalue weighted by molar-refractivity contribution is 0.612. The molecule has 0 heterocycles. The number of hydrogen-bond acceptors (Lipinski definition) is 4. The summed E-state index contributed by atoms with van der Waals surface area (Å²) in [6.45, 7) is 0.907. The van der Waals surface area contributed by atoms with Gasteiger partial charge < -0.3 is 0 Å². The third-order valence-corrected chi connectivity index (χ3v) is 1.80. The number of nitrogens with two attached hydrogens (primary N) is 1. The molecular weight excluding hydrogens is 164 g/mol. The molecule has 0 aliphatic heterocycles. The summed E-state index contributed by atoms with van der Waals surface area (Å²) in [5.41, 5.74) is 2.62. The Morgan fingerprint density at radius 2 is 1.90 bits per heavy atom. The largest absolute Gasteiger partial charge is 0.271 e. The monoisotopic (exact) mass is 180 g/mol. The van der Waals surface area contributed by atoms with E-state index in [2.05, 4.69) is 30.7 Å². The molecule has 0 aliphatic rings. The van der Waals surface area contributed by atoms with Gasteiger partial charge in [-0.2, -0.15) is 25.3 Å². The average molecular weight is 180 g/mol. The van der Waals surface area contributed by atoms with Crippen LogP contribution in [0.5, 0.6) is 0 Å². The van der Waals surface area contributed by atoms with E-state index in [1.54, 1.807) is 0 Å². The molecule has 0 rings (SSSR count). The van der Waals surface area contributed by atoms with Gasteiger partial charge >= 0.3 is 0 Å². The molecular formula is C6H16N2S2. The van der Waals surface area contributed by atoms with E-state index in [1.165, 1.54) is 12.8 Å². The molecule has 0 unspecified atom stereocenters. The molecule has 0 atom stereocenters. The van der Waals surface area contributed by atoms with E-state index in [1.807, 2.05) is 0 Å². The van der Waals surface area contributed by atoms with Crippen LogP contribution >= 0.6 is 25.3 Å². The van der Waals surface area contributed by atoms with Crippen molar-refractivity contribution in [2.24, 2.45) is 5.84 Å². The number of hydrogen-bond donors (Lipinski definition) is 4. The van der Waals surface area contributed by atoms with Crippen LogP contribution < -0.4 is 11.3 Å². The highest BCUT2D eigenvalue weighted by Gasteiger charge is 1.94. The summed E-state index contributed by atoms with van der Waals surface area (Å²) in [6, 6.07) is 0. The maximum Gasteiger partial charge on any atom is 0.0442 e. The van der Waals surface area contributed by atoms with Crippen molar-refractivity contribution in [3.8, 4) is 0 Å². The summed E-state index contributed by atoms with van der Waals surface area (Å²) < 4.78 is 0.242. The molecule has 0 radical (unpaired) electrons. The van der Waals surface area contributed by atoms with Crippen LogP contribution in [0.4, 0.5) is 0 Å². The smallest absolute Gasteiger partial charge is 0.0442 e. The number of unbranched alkanes of at least 4 members (excludes halogenated alkanes) is 2. The maximum absolute atomic E-state index is 5.09. The Bertz CT molecular complexity index is 68.8. The minimum absolute atomic E-state index is 0.242. The van der Waals surface area contributed by atoms with Gasteiger partial charge in [-0.05, 0) is 12.8 Å². The lowest BCUT2D eigenvalue weighted by Crippen LogP contribution is -2.22. The topological polar surface area (TPSA) is 38.0 Å². The van der Waals surface area contributed by atoms with Gasteiger partial charge in [-0.25, -0.2) is 0 Å². The molecule has 62 valence electrons. The minimum Gasteiger partial charge on any atom is -0.271 e. The summed E-state index contributed by atoms with van der Waals surface area (Å²) in [7, 11) is 0. The fourth-order valence-corrected chi connectivity index (χ4v) is 1.10. The highest BCUT2D eigenvalue weighted by Crippen LogP contribution is 2.10. The Morgan fingerprint density at radius 1 is 1.20 bits per heavy atom. The van der Waals surface area contributed by atoms with Crippen molar-refractivity contribution in [3.63, 3.8) is 0 Å². The summed E-state index contributed by atoms with van der Waals surface area (Å²) in [6.07, 6.45) is 4.63. The van der Waals surface area contributed by atoms with Crippen molar-refractivity contribution in [3.05, 3.63) is 0 Å². The van der Waals surface area contributed by atoms with Crippen molar-refractivity contribution in [2.45, 2.75) is 30.3 Å². The summed E-state index contributed by atoms with van der Waals surface area (Å²) in [5.74, 6) is 5.09. The van der Waals surface area contributed by atoms with Crippen LogP contribution in [0.3, 0.4) is 0 Å². The number of nitrogens with one attached hydrogen (secondary N) is 1. The summed E-state index contributed by atoms with van der Waals surface area (Å²) in [5, 5.41) is 0. The van der Waals surface area contributed by atoms with Crippen molar-refractivity contribution < 1.29 is 0 Å². The van der Waals surface area contributed by atoms with Gasteiger partial charge in [0.1, 0.15) is 0 Å². The molecule has 0 aliphatic carbocycles. The lowest BCUT2D eigenvalue weighted by atomic mass is 10.2. The van der Waals surface area contributed by atoms with Crippen molar-refractivity contribution in [1.82, 2.24) is 5.43 Å². The first-order valence-electron chi connectivity index (χ1n) is 3.57. The predicted molar refractivity (Wildman–Crippen MR) is 52.4 cm³/mol. The fourth-order valence-electron chi connectivity index (χ4n) is 0.731. The van der Waals surface area contributed by atoms with Crippen LogP contribution in [0.15, 0.2) is 0 Å². The maximum atomic E-state index is 5.09. The normalized spacial score (nSPS) is 10.8. The zero-order chi connectivity index (χ0) is 7.82. The van der Waals surface area contributed by atoms with Gasteiger partial charge in [0.25, 0.3) is 0 Å². The second-order valence-electron chi connectivity index (χ2n) is 2.28. The van der Waals surface area contributed by atoms with Gasteiger partial charge in [0, 0.05) is 11.1 Å². The van der Waals surface area contributed by atoms with E-state index >= 15 is 0 Å². The van der Waals surface area contributed by atoms with Crippen LogP contribution in [-0.4, -0.2) is 11.1 Å². The van der Waals surface area contributed by atoms with Crippen LogP contribution in [-0.2, 0) is 0 Å². The van der Waals surface area contributed by atoms with Crippen LogP contribution in [0, 0.1) is 0 Å². The molecule has 0 aromatic heterocycles. The number of rotatable bonds is 6. The van der Waals surface area contributed by atoms with Gasteiger partial charge in [-0.15, -0.1) is 0 Å². The summed E-state index contributed by atoms with van der Waals surface area (Å²) in [4.78, 5) is 0. The van der Waals surface area contributed by atoms with Crippen LogP contribution in [0.25, 0.3) is 0 Å². The first-order valence-corrected chi connectivity index (χ1v) is 4.60. The Labute approximate surface area is 73.7 Å². The molecule has 0 saturated heterocycles. The minimum atomic E-state index is 0.242. The quantitative estimate of drug-likeness (QED) is 0.163. The second-order valence-corrected chi connectivity index (χ2v) is 3.94. The highest BCUT2D eigenvalue weighted by molar-refractivity contribution is 7.99. The van der Waals surface area contributed by atoms with Crippen LogP contribution in [0.1, 0.15) is 25.7 Å². The highest BCUT2D eigenvalue weighted by atomic mass is 32.2. The Morgan fingerprint density at radius 3 is 2.40 bits per heavy atom. The zero-order valence-corrected chi connectivity index (χ0v) is 7.87. The number of hydrazine groups is 1. The van der Waals surface area contributed by atoms with Crippen LogP contribution in [0.2, 0.25) is 0 Å². The lowest BCUT2D eigenvalue weighted by Gasteiger charge is -2.02. The van der Waals surface area contributed by atoms with E-state index in [9.17, 15) is 0 Å². The molecule has 0 aromatic carbocycles. The SMILES string of the molecule is NNCCCCCC(S)S. The predicted octanol–water partition coefficient (Wildman–Crippen LogP) is 1.20. The van der Waals surface area contributed by atoms with Crippen molar-refractivity contribution in [2.75, 3.05) is 6.54 Å². The van der Waals surface area contributed by atoms with Crippen molar-refractivity contribution in [1.29, 1.82) is 0 Å². The molecule has 0 saturated carbocycles. The van der Waals surface area contributed by atoms with Gasteiger partial charge in [-0.3, -0.25) is 11.3 Å². The third-order valence-electron chi connectivity index (χ3n) is 1.28. The van der Waals surface area contributed by atoms with Gasteiger partial charge in [0.2, 0.25) is 0 Å². The molecule has 0 aromatic rings. The van der Waals surface area contributed by atoms with E-state index < -0.39 is 0 Å². The van der Waals surface area contributed by atoms with Gasteiger partial charge in [0.05, 0.1) is 0 Å².